The first-order chi connectivity index (χ1) is 21.6. The molecule has 222 valence electrons. The van der Waals surface area contributed by atoms with E-state index in [9.17, 15) is 9.59 Å². The molecule has 2 aromatic heterocycles. The van der Waals surface area contributed by atoms with Gasteiger partial charge in [-0.05, 0) is 92.3 Å². The summed E-state index contributed by atoms with van der Waals surface area (Å²) in [5.74, 6) is -1.07. The van der Waals surface area contributed by atoms with E-state index in [4.69, 9.17) is 9.40 Å². The van der Waals surface area contributed by atoms with Gasteiger partial charge in [-0.15, -0.1) is 0 Å². The van der Waals surface area contributed by atoms with Gasteiger partial charge in [0.1, 0.15) is 5.58 Å². The lowest BCUT2D eigenvalue weighted by molar-refractivity contribution is -0.121. The Kier molecular flexibility index (Phi) is 5.77. The maximum absolute atomic E-state index is 15.3. The standard InChI is InChI=1S/C37H29N3O4S/c1-19-14-23(5)31-29(15-19)45-36(38-31)40-34(42)33-30(32(41)25-16-21(3)22(4)17-28(25)44-33)37(40)26-12-8-9-13-27(26)39(35(37)43)18-24-11-7-6-10-20(24)2/h6-17H,18H2,1-5H3. The van der Waals surface area contributed by atoms with E-state index in [1.807, 2.05) is 95.3 Å². The average Bonchev–Trinajstić information content (AvgIpc) is 3.62. The third-order valence-corrected chi connectivity index (χ3v) is 10.3. The minimum atomic E-state index is -1.80. The number of amides is 2. The van der Waals surface area contributed by atoms with Crippen LogP contribution in [0.2, 0.25) is 0 Å². The van der Waals surface area contributed by atoms with Crippen molar-refractivity contribution >= 4 is 55.2 Å². The second-order valence-corrected chi connectivity index (χ2v) is 13.2. The maximum atomic E-state index is 15.3. The average molecular weight is 612 g/mol. The van der Waals surface area contributed by atoms with E-state index < -0.39 is 11.4 Å². The van der Waals surface area contributed by atoms with Crippen LogP contribution in [0.4, 0.5) is 10.8 Å². The molecule has 8 heteroatoms. The Morgan fingerprint density at radius 1 is 0.822 bits per heavy atom. The number of aromatic nitrogens is 1. The number of thiazole rings is 1. The Morgan fingerprint density at radius 3 is 2.36 bits per heavy atom. The molecule has 1 atom stereocenters. The minimum Gasteiger partial charge on any atom is -0.450 e. The normalized spacial score (nSPS) is 17.3. The fourth-order valence-corrected chi connectivity index (χ4v) is 8.18. The van der Waals surface area contributed by atoms with Crippen LogP contribution in [-0.4, -0.2) is 16.8 Å². The van der Waals surface area contributed by atoms with Crippen molar-refractivity contribution in [1.82, 2.24) is 4.98 Å². The Balaban J connectivity index is 1.47. The summed E-state index contributed by atoms with van der Waals surface area (Å²) in [6.07, 6.45) is 0. The molecule has 2 aliphatic heterocycles. The molecule has 0 saturated heterocycles. The monoisotopic (exact) mass is 611 g/mol. The summed E-state index contributed by atoms with van der Waals surface area (Å²) >= 11 is 1.34. The number of hydrogen-bond donors (Lipinski definition) is 0. The van der Waals surface area contributed by atoms with Crippen LogP contribution in [0.5, 0.6) is 0 Å². The van der Waals surface area contributed by atoms with Gasteiger partial charge < -0.3 is 9.32 Å². The fourth-order valence-electron chi connectivity index (χ4n) is 6.99. The number of benzene rings is 4. The summed E-state index contributed by atoms with van der Waals surface area (Å²) in [5.41, 5.74) is 6.03. The Labute approximate surface area is 263 Å². The summed E-state index contributed by atoms with van der Waals surface area (Å²) < 4.78 is 7.24. The Hall–Kier alpha value is -5.08. The highest BCUT2D eigenvalue weighted by Crippen LogP contribution is 2.55. The maximum Gasteiger partial charge on any atom is 0.297 e. The molecule has 8 rings (SSSR count). The molecule has 0 N–H and O–H groups in total. The molecule has 7 nitrogen and oxygen atoms in total. The smallest absolute Gasteiger partial charge is 0.297 e. The van der Waals surface area contributed by atoms with E-state index in [0.29, 0.717) is 27.4 Å². The lowest BCUT2D eigenvalue weighted by atomic mass is 9.84. The molecule has 2 aliphatic rings. The van der Waals surface area contributed by atoms with E-state index in [1.54, 1.807) is 17.0 Å². The van der Waals surface area contributed by atoms with Crippen LogP contribution in [-0.2, 0) is 16.9 Å². The molecular formula is C37H29N3O4S. The van der Waals surface area contributed by atoms with Crippen molar-refractivity contribution < 1.29 is 14.0 Å². The molecular weight excluding hydrogens is 582 g/mol. The molecule has 4 aromatic carbocycles. The third kappa shape index (κ3) is 3.63. The van der Waals surface area contributed by atoms with Gasteiger partial charge >= 0.3 is 0 Å². The van der Waals surface area contributed by atoms with E-state index >= 15 is 4.79 Å². The van der Waals surface area contributed by atoms with Gasteiger partial charge in [-0.2, -0.15) is 0 Å². The number of rotatable bonds is 3. The number of anilines is 2. The second kappa shape index (κ2) is 9.46. The molecule has 6 aromatic rings. The molecule has 0 saturated carbocycles. The van der Waals surface area contributed by atoms with Gasteiger partial charge in [0.2, 0.25) is 5.76 Å². The summed E-state index contributed by atoms with van der Waals surface area (Å²) in [6, 6.07) is 23.0. The topological polar surface area (TPSA) is 83.7 Å². The predicted octanol–water partition coefficient (Wildman–Crippen LogP) is 7.40. The van der Waals surface area contributed by atoms with E-state index in [2.05, 4.69) is 0 Å². The lowest BCUT2D eigenvalue weighted by Gasteiger charge is -2.32. The zero-order valence-electron chi connectivity index (χ0n) is 25.5. The Morgan fingerprint density at radius 2 is 1.56 bits per heavy atom. The zero-order chi connectivity index (χ0) is 31.4. The van der Waals surface area contributed by atoms with Crippen LogP contribution in [0.25, 0.3) is 21.2 Å². The molecule has 0 fully saturated rings. The number of para-hydroxylation sites is 1. The first-order valence-corrected chi connectivity index (χ1v) is 15.7. The second-order valence-electron chi connectivity index (χ2n) is 12.2. The highest BCUT2D eigenvalue weighted by molar-refractivity contribution is 7.22. The quantitative estimate of drug-likeness (QED) is 0.208. The van der Waals surface area contributed by atoms with E-state index in [0.717, 1.165) is 43.6 Å². The number of nitrogens with zero attached hydrogens (tertiary/aromatic N) is 3. The van der Waals surface area contributed by atoms with Crippen molar-refractivity contribution in [3.8, 4) is 0 Å². The highest BCUT2D eigenvalue weighted by atomic mass is 32.1. The third-order valence-electron chi connectivity index (χ3n) is 9.34. The number of carbonyl (C=O) groups excluding carboxylic acids is 2. The van der Waals surface area contributed by atoms with E-state index in [-0.39, 0.29) is 29.2 Å². The van der Waals surface area contributed by atoms with Crippen molar-refractivity contribution in [1.29, 1.82) is 0 Å². The fraction of sp³-hybridized carbons (Fsp3) is 0.189. The molecule has 0 radical (unpaired) electrons. The van der Waals surface area contributed by atoms with Gasteiger partial charge in [-0.25, -0.2) is 4.98 Å². The Bertz CT molecular complexity index is 2350. The van der Waals surface area contributed by atoms with Gasteiger partial charge in [0.15, 0.2) is 16.1 Å². The molecule has 1 spiro atoms. The lowest BCUT2D eigenvalue weighted by Crippen LogP contribution is -2.53. The van der Waals surface area contributed by atoms with Crippen molar-refractivity contribution in [3.05, 3.63) is 133 Å². The summed E-state index contributed by atoms with van der Waals surface area (Å²) in [4.78, 5) is 52.7. The van der Waals surface area contributed by atoms with Crippen LogP contribution < -0.4 is 15.2 Å². The SMILES string of the molecule is Cc1cc(C)c2nc(N3C(=O)c4oc5cc(C)c(C)cc5c(=O)c4C34C(=O)N(Cc3ccccc3C)c3ccccc34)sc2c1. The van der Waals surface area contributed by atoms with Gasteiger partial charge in [-0.1, -0.05) is 59.9 Å². The molecule has 0 aliphatic carbocycles. The summed E-state index contributed by atoms with van der Waals surface area (Å²) in [6.45, 7) is 10.1. The van der Waals surface area contributed by atoms with Crippen LogP contribution >= 0.6 is 11.3 Å². The van der Waals surface area contributed by atoms with Crippen molar-refractivity contribution in [2.75, 3.05) is 9.80 Å². The number of aryl methyl sites for hydroxylation is 5. The van der Waals surface area contributed by atoms with Crippen molar-refractivity contribution in [3.63, 3.8) is 0 Å². The molecule has 45 heavy (non-hydrogen) atoms. The number of fused-ring (bicyclic) bond motifs is 6. The van der Waals surface area contributed by atoms with E-state index in [1.165, 1.54) is 16.2 Å². The van der Waals surface area contributed by atoms with Crippen LogP contribution in [0, 0.1) is 34.6 Å². The van der Waals surface area contributed by atoms with Gasteiger partial charge in [0, 0.05) is 5.56 Å². The van der Waals surface area contributed by atoms with Gasteiger partial charge in [0.05, 0.1) is 33.4 Å². The largest absolute Gasteiger partial charge is 0.450 e. The van der Waals surface area contributed by atoms with Crippen molar-refractivity contribution in [2.24, 2.45) is 0 Å². The first-order valence-electron chi connectivity index (χ1n) is 14.9. The molecule has 0 bridgehead atoms. The van der Waals surface area contributed by atoms with Gasteiger partial charge in [0.25, 0.3) is 11.8 Å². The summed E-state index contributed by atoms with van der Waals surface area (Å²) in [5, 5.41) is 0.677. The van der Waals surface area contributed by atoms with Crippen LogP contribution in [0.3, 0.4) is 0 Å². The zero-order valence-corrected chi connectivity index (χ0v) is 26.3. The molecule has 4 heterocycles. The number of carbonyl (C=O) groups is 2. The molecule has 1 unspecified atom stereocenters. The minimum absolute atomic E-state index is 0.0418. The summed E-state index contributed by atoms with van der Waals surface area (Å²) in [7, 11) is 0. The number of hydrogen-bond acceptors (Lipinski definition) is 6. The van der Waals surface area contributed by atoms with Gasteiger partial charge in [-0.3, -0.25) is 19.3 Å². The first kappa shape index (κ1) is 27.5. The van der Waals surface area contributed by atoms with Crippen LogP contribution in [0.1, 0.15) is 55.1 Å². The predicted molar refractivity (Wildman–Crippen MR) is 177 cm³/mol. The van der Waals surface area contributed by atoms with Crippen molar-refractivity contribution in [2.45, 2.75) is 46.7 Å². The van der Waals surface area contributed by atoms with Crippen LogP contribution in [0.15, 0.2) is 82.0 Å². The molecule has 2 amide bonds. The highest BCUT2D eigenvalue weighted by Gasteiger charge is 2.66.